The van der Waals surface area contributed by atoms with Gasteiger partial charge in [-0.1, -0.05) is 6.07 Å². The van der Waals surface area contributed by atoms with Crippen LogP contribution in [0.15, 0.2) is 18.2 Å². The Balaban J connectivity index is 2.07. The Labute approximate surface area is 138 Å². The van der Waals surface area contributed by atoms with Gasteiger partial charge in [-0.3, -0.25) is 4.79 Å². The molecule has 1 aliphatic heterocycles. The van der Waals surface area contributed by atoms with Gasteiger partial charge in [-0.15, -0.1) is 0 Å². The molecule has 7 heteroatoms. The number of nitrogens with one attached hydrogen (secondary N) is 1. The normalized spacial score (nSPS) is 19.8. The van der Waals surface area contributed by atoms with E-state index in [0.717, 1.165) is 16.8 Å². The molecule has 0 spiro atoms. The minimum Gasteiger partial charge on any atom is -0.326 e. The molecule has 0 bridgehead atoms. The Kier molecular flexibility index (Phi) is 5.44. The number of hydrogen-bond acceptors (Lipinski definition) is 3. The van der Waals surface area contributed by atoms with Crippen LogP contribution >= 0.6 is 0 Å². The Morgan fingerprint density at radius 3 is 2.39 bits per heavy atom. The van der Waals surface area contributed by atoms with E-state index in [1.807, 2.05) is 32.0 Å². The molecule has 128 valence electrons. The van der Waals surface area contributed by atoms with Gasteiger partial charge in [-0.25, -0.2) is 0 Å². The first-order valence-corrected chi connectivity index (χ1v) is 9.16. The van der Waals surface area contributed by atoms with E-state index in [2.05, 4.69) is 5.32 Å². The molecule has 1 aliphatic rings. The minimum atomic E-state index is -3.47. The van der Waals surface area contributed by atoms with Gasteiger partial charge in [0.25, 0.3) is 10.2 Å². The van der Waals surface area contributed by atoms with Gasteiger partial charge in [-0.2, -0.15) is 17.0 Å². The van der Waals surface area contributed by atoms with Crippen LogP contribution in [0.2, 0.25) is 0 Å². The highest BCUT2D eigenvalue weighted by Gasteiger charge is 2.33. The lowest BCUT2D eigenvalue weighted by Gasteiger charge is -2.32. The predicted octanol–water partition coefficient (Wildman–Crippen LogP) is 1.76. The third-order valence-corrected chi connectivity index (χ3v) is 5.94. The fourth-order valence-corrected chi connectivity index (χ4v) is 4.08. The van der Waals surface area contributed by atoms with Crippen LogP contribution in [0.5, 0.6) is 0 Å². The van der Waals surface area contributed by atoms with Gasteiger partial charge in [0.05, 0.1) is 5.92 Å². The topological polar surface area (TPSA) is 69.7 Å². The summed E-state index contributed by atoms with van der Waals surface area (Å²) in [5.41, 5.74) is 2.93. The lowest BCUT2D eigenvalue weighted by Crippen LogP contribution is -2.47. The molecule has 1 atom stereocenters. The van der Waals surface area contributed by atoms with Crippen molar-refractivity contribution < 1.29 is 13.2 Å². The maximum atomic E-state index is 12.5. The van der Waals surface area contributed by atoms with E-state index in [1.165, 1.54) is 22.7 Å². The van der Waals surface area contributed by atoms with Crippen molar-refractivity contribution in [2.75, 3.05) is 32.5 Å². The maximum Gasteiger partial charge on any atom is 0.281 e. The van der Waals surface area contributed by atoms with Crippen LogP contribution in [0.25, 0.3) is 0 Å². The molecule has 1 N–H and O–H groups in total. The maximum absolute atomic E-state index is 12.5. The molecule has 1 amide bonds. The molecule has 0 unspecified atom stereocenters. The Morgan fingerprint density at radius 1 is 1.22 bits per heavy atom. The fourth-order valence-electron chi connectivity index (χ4n) is 2.89. The Hall–Kier alpha value is -1.44. The average molecular weight is 339 g/mol. The molecule has 1 aromatic carbocycles. The van der Waals surface area contributed by atoms with E-state index in [1.54, 1.807) is 0 Å². The molecular weight excluding hydrogens is 314 g/mol. The monoisotopic (exact) mass is 339 g/mol. The zero-order valence-corrected chi connectivity index (χ0v) is 15.0. The molecule has 1 aromatic rings. The summed E-state index contributed by atoms with van der Waals surface area (Å²) in [6.45, 7) is 4.66. The molecule has 1 heterocycles. The molecule has 1 saturated heterocycles. The Bertz CT molecular complexity index is 666. The summed E-state index contributed by atoms with van der Waals surface area (Å²) in [6, 6.07) is 5.88. The van der Waals surface area contributed by atoms with Crippen molar-refractivity contribution in [3.8, 4) is 0 Å². The third-order valence-electron chi connectivity index (χ3n) is 4.03. The second-order valence-electron chi connectivity index (χ2n) is 6.35. The van der Waals surface area contributed by atoms with Crippen LogP contribution in [0.4, 0.5) is 5.69 Å². The van der Waals surface area contributed by atoms with Gasteiger partial charge in [0.2, 0.25) is 5.91 Å². The second kappa shape index (κ2) is 6.98. The smallest absolute Gasteiger partial charge is 0.281 e. The van der Waals surface area contributed by atoms with Crippen molar-refractivity contribution >= 4 is 21.8 Å². The van der Waals surface area contributed by atoms with E-state index < -0.39 is 10.2 Å². The zero-order chi connectivity index (χ0) is 17.2. The first kappa shape index (κ1) is 17.9. The average Bonchev–Trinajstić information content (AvgIpc) is 2.46. The fraction of sp³-hybridized carbons (Fsp3) is 0.562. The highest BCUT2D eigenvalue weighted by molar-refractivity contribution is 7.86. The molecule has 1 fully saturated rings. The summed E-state index contributed by atoms with van der Waals surface area (Å²) in [7, 11) is -0.449. The van der Waals surface area contributed by atoms with Crippen LogP contribution in [-0.2, 0) is 15.0 Å². The third kappa shape index (κ3) is 4.31. The van der Waals surface area contributed by atoms with Crippen molar-refractivity contribution in [2.45, 2.75) is 26.7 Å². The van der Waals surface area contributed by atoms with Gasteiger partial charge in [0.1, 0.15) is 0 Å². The lowest BCUT2D eigenvalue weighted by molar-refractivity contribution is -0.120. The van der Waals surface area contributed by atoms with Crippen LogP contribution < -0.4 is 5.32 Å². The van der Waals surface area contributed by atoms with Crippen LogP contribution in [-0.4, -0.2) is 50.1 Å². The SMILES string of the molecule is Cc1cc(C)cc(NC(=O)[C@H]2CCCN(S(=O)(=O)N(C)C)C2)c1. The zero-order valence-electron chi connectivity index (χ0n) is 14.2. The summed E-state index contributed by atoms with van der Waals surface area (Å²) in [5, 5.41) is 2.92. The summed E-state index contributed by atoms with van der Waals surface area (Å²) in [6.07, 6.45) is 1.40. The highest BCUT2D eigenvalue weighted by Crippen LogP contribution is 2.22. The van der Waals surface area contributed by atoms with E-state index in [9.17, 15) is 13.2 Å². The largest absolute Gasteiger partial charge is 0.326 e. The number of nitrogens with zero attached hydrogens (tertiary/aromatic N) is 2. The van der Waals surface area contributed by atoms with Crippen LogP contribution in [0, 0.1) is 19.8 Å². The molecular formula is C16H25N3O3S. The van der Waals surface area contributed by atoms with Crippen molar-refractivity contribution in [3.05, 3.63) is 29.3 Å². The quantitative estimate of drug-likeness (QED) is 0.909. The summed E-state index contributed by atoms with van der Waals surface area (Å²) in [5.74, 6) is -0.437. The molecule has 0 aliphatic carbocycles. The molecule has 0 saturated carbocycles. The predicted molar refractivity (Wildman–Crippen MR) is 91.4 cm³/mol. The van der Waals surface area contributed by atoms with E-state index >= 15 is 0 Å². The first-order chi connectivity index (χ1) is 10.7. The molecule has 23 heavy (non-hydrogen) atoms. The molecule has 0 radical (unpaired) electrons. The van der Waals surface area contributed by atoms with Crippen molar-refractivity contribution in [1.82, 2.24) is 8.61 Å². The van der Waals surface area contributed by atoms with E-state index in [4.69, 9.17) is 0 Å². The van der Waals surface area contributed by atoms with Crippen LogP contribution in [0.1, 0.15) is 24.0 Å². The summed E-state index contributed by atoms with van der Waals surface area (Å²) >= 11 is 0. The standard InChI is InChI=1S/C16H25N3O3S/c1-12-8-13(2)10-15(9-12)17-16(20)14-6-5-7-19(11-14)23(21,22)18(3)4/h8-10,14H,5-7,11H2,1-4H3,(H,17,20)/t14-/m0/s1. The number of rotatable bonds is 4. The van der Waals surface area contributed by atoms with Gasteiger partial charge >= 0.3 is 0 Å². The minimum absolute atomic E-state index is 0.117. The number of anilines is 1. The first-order valence-electron chi connectivity index (χ1n) is 7.77. The number of carbonyl (C=O) groups is 1. The van der Waals surface area contributed by atoms with Gasteiger partial charge in [0.15, 0.2) is 0 Å². The number of amides is 1. The van der Waals surface area contributed by atoms with Crippen molar-refractivity contribution in [3.63, 3.8) is 0 Å². The van der Waals surface area contributed by atoms with Crippen LogP contribution in [0.3, 0.4) is 0 Å². The summed E-state index contributed by atoms with van der Waals surface area (Å²) in [4.78, 5) is 12.5. The summed E-state index contributed by atoms with van der Waals surface area (Å²) < 4.78 is 27.0. The van der Waals surface area contributed by atoms with E-state index in [-0.39, 0.29) is 18.4 Å². The molecule has 6 nitrogen and oxygen atoms in total. The lowest BCUT2D eigenvalue weighted by atomic mass is 9.98. The highest BCUT2D eigenvalue weighted by atomic mass is 32.2. The number of carbonyl (C=O) groups excluding carboxylic acids is 1. The van der Waals surface area contributed by atoms with Crippen molar-refractivity contribution in [2.24, 2.45) is 5.92 Å². The van der Waals surface area contributed by atoms with Gasteiger partial charge < -0.3 is 5.32 Å². The number of piperidine rings is 1. The molecule has 0 aromatic heterocycles. The van der Waals surface area contributed by atoms with Gasteiger partial charge in [0, 0.05) is 32.9 Å². The van der Waals surface area contributed by atoms with E-state index in [0.29, 0.717) is 19.4 Å². The number of aryl methyl sites for hydroxylation is 2. The Morgan fingerprint density at radius 2 is 1.83 bits per heavy atom. The number of hydrogen-bond donors (Lipinski definition) is 1. The van der Waals surface area contributed by atoms with Gasteiger partial charge in [-0.05, 0) is 49.9 Å². The molecule has 2 rings (SSSR count). The van der Waals surface area contributed by atoms with Crippen molar-refractivity contribution in [1.29, 1.82) is 0 Å². The second-order valence-corrected chi connectivity index (χ2v) is 8.50. The number of benzene rings is 1.